The van der Waals surface area contributed by atoms with E-state index in [4.69, 9.17) is 11.0 Å². The smallest absolute Gasteiger partial charge is 0.221 e. The number of Topliss-reactive ketones (excluding diaryl/α,β-unsaturated/α-hetero) is 1. The van der Waals surface area contributed by atoms with Crippen molar-refractivity contribution in [1.29, 1.82) is 5.26 Å². The number of aliphatic imine (C=N–C) groups is 1. The molecule has 1 aliphatic carbocycles. The van der Waals surface area contributed by atoms with Gasteiger partial charge in [0.2, 0.25) is 11.7 Å². The number of rotatable bonds is 4. The van der Waals surface area contributed by atoms with Crippen LogP contribution in [0.25, 0.3) is 5.57 Å². The monoisotopic (exact) mass is 279 g/mol. The van der Waals surface area contributed by atoms with E-state index in [1.807, 2.05) is 18.2 Å². The van der Waals surface area contributed by atoms with Crippen molar-refractivity contribution < 1.29 is 9.59 Å². The number of benzene rings is 1. The predicted octanol–water partition coefficient (Wildman–Crippen LogP) is 2.01. The van der Waals surface area contributed by atoms with Gasteiger partial charge in [-0.05, 0) is 23.6 Å². The minimum Gasteiger partial charge on any atom is -0.369 e. The first-order chi connectivity index (χ1) is 9.95. The van der Waals surface area contributed by atoms with E-state index in [1.54, 1.807) is 19.1 Å². The molecule has 0 fully saturated rings. The molecule has 0 heterocycles. The van der Waals surface area contributed by atoms with E-state index in [1.165, 1.54) is 0 Å². The molecule has 2 N–H and O–H groups in total. The molecule has 1 aromatic rings. The highest BCUT2D eigenvalue weighted by Crippen LogP contribution is 2.33. The second kappa shape index (κ2) is 5.55. The Morgan fingerprint density at radius 3 is 2.52 bits per heavy atom. The number of nitrogens with zero attached hydrogens (tertiary/aromatic N) is 2. The van der Waals surface area contributed by atoms with Gasteiger partial charge in [0.1, 0.15) is 17.5 Å². The van der Waals surface area contributed by atoms with E-state index in [9.17, 15) is 9.59 Å². The molecule has 21 heavy (non-hydrogen) atoms. The summed E-state index contributed by atoms with van der Waals surface area (Å²) in [5.74, 6) is -0.836. The molecule has 0 saturated heterocycles. The molecule has 2 rings (SSSR count). The molecule has 0 bridgehead atoms. The van der Waals surface area contributed by atoms with Crippen LogP contribution in [0.3, 0.4) is 0 Å². The third kappa shape index (κ3) is 2.65. The first kappa shape index (κ1) is 14.4. The molecule has 0 unspecified atom stereocenters. The summed E-state index contributed by atoms with van der Waals surface area (Å²) in [7, 11) is 0. The summed E-state index contributed by atoms with van der Waals surface area (Å²) in [6, 6.07) is 9.01. The van der Waals surface area contributed by atoms with E-state index in [-0.39, 0.29) is 29.2 Å². The average Bonchev–Trinajstić information content (AvgIpc) is 2.68. The number of ketones is 1. The third-order valence-corrected chi connectivity index (χ3v) is 3.20. The lowest BCUT2D eigenvalue weighted by molar-refractivity contribution is -0.117. The molecule has 1 aromatic carbocycles. The molecular formula is C16H13N3O2. The summed E-state index contributed by atoms with van der Waals surface area (Å²) in [5, 5.41) is 9.13. The molecule has 104 valence electrons. The Hall–Kier alpha value is -3.00. The second-order valence-electron chi connectivity index (χ2n) is 4.67. The first-order valence-electron chi connectivity index (χ1n) is 6.26. The average molecular weight is 279 g/mol. The molecule has 0 saturated carbocycles. The lowest BCUT2D eigenvalue weighted by Gasteiger charge is -2.01. The molecule has 5 heteroatoms. The maximum atomic E-state index is 12.3. The van der Waals surface area contributed by atoms with Crippen LogP contribution in [0, 0.1) is 11.3 Å². The van der Waals surface area contributed by atoms with E-state index in [0.29, 0.717) is 11.1 Å². The molecule has 1 aliphatic rings. The Balaban J connectivity index is 2.44. The van der Waals surface area contributed by atoms with Gasteiger partial charge in [0.25, 0.3) is 0 Å². The SMILES string of the molecule is C=C(CC(N)=O)C(C#N)=NC1=C(C)c2ccccc2C1=O. The molecule has 5 nitrogen and oxygen atoms in total. The third-order valence-electron chi connectivity index (χ3n) is 3.20. The summed E-state index contributed by atoms with van der Waals surface area (Å²) in [4.78, 5) is 27.3. The number of primary amides is 1. The van der Waals surface area contributed by atoms with Crippen LogP contribution < -0.4 is 5.73 Å². The summed E-state index contributed by atoms with van der Waals surface area (Å²) < 4.78 is 0. The zero-order valence-corrected chi connectivity index (χ0v) is 11.5. The molecular weight excluding hydrogens is 266 g/mol. The largest absolute Gasteiger partial charge is 0.369 e. The van der Waals surface area contributed by atoms with Gasteiger partial charge in [-0.3, -0.25) is 9.59 Å². The zero-order chi connectivity index (χ0) is 15.6. The number of nitrogens with two attached hydrogens (primary N) is 1. The topological polar surface area (TPSA) is 96.3 Å². The van der Waals surface area contributed by atoms with E-state index in [2.05, 4.69) is 11.6 Å². The second-order valence-corrected chi connectivity index (χ2v) is 4.67. The Morgan fingerprint density at radius 1 is 1.38 bits per heavy atom. The Labute approximate surface area is 122 Å². The van der Waals surface area contributed by atoms with Crippen molar-refractivity contribution in [1.82, 2.24) is 0 Å². The van der Waals surface area contributed by atoms with Crippen LogP contribution in [-0.4, -0.2) is 17.4 Å². The zero-order valence-electron chi connectivity index (χ0n) is 11.5. The fourth-order valence-electron chi connectivity index (χ4n) is 2.16. The van der Waals surface area contributed by atoms with Crippen molar-refractivity contribution in [2.45, 2.75) is 13.3 Å². The van der Waals surface area contributed by atoms with Crippen molar-refractivity contribution in [2.24, 2.45) is 10.7 Å². The highest BCUT2D eigenvalue weighted by molar-refractivity contribution is 6.23. The van der Waals surface area contributed by atoms with Crippen molar-refractivity contribution in [3.8, 4) is 6.07 Å². The van der Waals surface area contributed by atoms with E-state index in [0.717, 1.165) is 5.56 Å². The lowest BCUT2D eigenvalue weighted by Crippen LogP contribution is -2.14. The molecule has 0 spiro atoms. The van der Waals surface area contributed by atoms with Crippen LogP contribution in [0.5, 0.6) is 0 Å². The first-order valence-corrected chi connectivity index (χ1v) is 6.26. The predicted molar refractivity (Wildman–Crippen MR) is 79.4 cm³/mol. The normalized spacial score (nSPS) is 13.9. The maximum absolute atomic E-state index is 12.3. The van der Waals surface area contributed by atoms with Crippen molar-refractivity contribution in [2.75, 3.05) is 0 Å². The van der Waals surface area contributed by atoms with Gasteiger partial charge in [-0.15, -0.1) is 0 Å². The summed E-state index contributed by atoms with van der Waals surface area (Å²) >= 11 is 0. The van der Waals surface area contributed by atoms with Gasteiger partial charge in [0.15, 0.2) is 0 Å². The lowest BCUT2D eigenvalue weighted by atomic mass is 10.1. The van der Waals surface area contributed by atoms with Gasteiger partial charge in [0.05, 0.1) is 6.42 Å². The van der Waals surface area contributed by atoms with Crippen LogP contribution in [0.1, 0.15) is 29.3 Å². The van der Waals surface area contributed by atoms with Gasteiger partial charge in [-0.25, -0.2) is 4.99 Å². The number of carbonyl (C=O) groups is 2. The summed E-state index contributed by atoms with van der Waals surface area (Å²) in [6.45, 7) is 5.39. The van der Waals surface area contributed by atoms with Gasteiger partial charge in [-0.1, -0.05) is 30.8 Å². The minimum atomic E-state index is -0.602. The van der Waals surface area contributed by atoms with Crippen LogP contribution in [0.2, 0.25) is 0 Å². The standard InChI is InChI=1S/C16H13N3O2/c1-9(7-14(18)20)13(8-17)19-15-10(2)11-5-3-4-6-12(11)16(15)21/h3-6H,1,7H2,2H3,(H2,18,20). The summed E-state index contributed by atoms with van der Waals surface area (Å²) in [6.07, 6.45) is -0.167. The van der Waals surface area contributed by atoms with Crippen LogP contribution in [0.4, 0.5) is 0 Å². The number of allylic oxidation sites excluding steroid dienone is 2. The Kier molecular flexibility index (Phi) is 3.81. The number of amides is 1. The molecule has 0 radical (unpaired) electrons. The van der Waals surface area contributed by atoms with Gasteiger partial charge in [0, 0.05) is 5.56 Å². The molecule has 1 amide bonds. The molecule has 0 aromatic heterocycles. The number of hydrogen-bond acceptors (Lipinski definition) is 4. The fraction of sp³-hybridized carbons (Fsp3) is 0.125. The van der Waals surface area contributed by atoms with Gasteiger partial charge in [-0.2, -0.15) is 5.26 Å². The Bertz CT molecular complexity index is 764. The van der Waals surface area contributed by atoms with Gasteiger partial charge >= 0.3 is 0 Å². The number of nitriles is 1. The molecule has 0 atom stereocenters. The van der Waals surface area contributed by atoms with Crippen molar-refractivity contribution in [3.05, 3.63) is 53.2 Å². The number of hydrogen-bond donors (Lipinski definition) is 1. The van der Waals surface area contributed by atoms with Crippen molar-refractivity contribution in [3.63, 3.8) is 0 Å². The number of carbonyl (C=O) groups excluding carboxylic acids is 2. The quantitative estimate of drug-likeness (QED) is 0.854. The summed E-state index contributed by atoms with van der Waals surface area (Å²) in [5.41, 5.74) is 7.50. The maximum Gasteiger partial charge on any atom is 0.221 e. The van der Waals surface area contributed by atoms with Gasteiger partial charge < -0.3 is 5.73 Å². The van der Waals surface area contributed by atoms with Crippen LogP contribution in [0.15, 0.2) is 47.1 Å². The van der Waals surface area contributed by atoms with E-state index >= 15 is 0 Å². The Morgan fingerprint density at radius 2 is 2.00 bits per heavy atom. The molecule has 0 aliphatic heterocycles. The van der Waals surface area contributed by atoms with Crippen LogP contribution >= 0.6 is 0 Å². The van der Waals surface area contributed by atoms with Crippen molar-refractivity contribution >= 4 is 23.0 Å². The fourth-order valence-corrected chi connectivity index (χ4v) is 2.16. The number of fused-ring (bicyclic) bond motifs is 1. The van der Waals surface area contributed by atoms with Crippen LogP contribution in [-0.2, 0) is 4.79 Å². The van der Waals surface area contributed by atoms with E-state index < -0.39 is 5.91 Å². The highest BCUT2D eigenvalue weighted by Gasteiger charge is 2.27. The highest BCUT2D eigenvalue weighted by atomic mass is 16.1. The minimum absolute atomic E-state index is 0.0516.